The van der Waals surface area contributed by atoms with Gasteiger partial charge in [0.2, 0.25) is 0 Å². The van der Waals surface area contributed by atoms with Crippen LogP contribution >= 0.6 is 11.3 Å². The molecular formula is C58H40N2S. The zero-order chi connectivity index (χ0) is 40.5. The molecule has 10 aromatic carbocycles. The second-order valence-electron chi connectivity index (χ2n) is 15.4. The number of benzene rings is 10. The second kappa shape index (κ2) is 15.8. The fourth-order valence-corrected chi connectivity index (χ4v) is 9.89. The van der Waals surface area contributed by atoms with Gasteiger partial charge in [-0.25, -0.2) is 0 Å². The Bertz CT molecular complexity index is 3270. The van der Waals surface area contributed by atoms with Crippen LogP contribution in [-0.2, 0) is 0 Å². The van der Waals surface area contributed by atoms with Gasteiger partial charge in [0.05, 0.1) is 11.4 Å². The quantitative estimate of drug-likeness (QED) is 0.144. The zero-order valence-electron chi connectivity index (χ0n) is 33.4. The van der Waals surface area contributed by atoms with Crippen LogP contribution in [0.15, 0.2) is 243 Å². The Hall–Kier alpha value is -7.72. The highest BCUT2D eigenvalue weighted by Gasteiger charge is 2.25. The lowest BCUT2D eigenvalue weighted by Crippen LogP contribution is -2.17. The average Bonchev–Trinajstić information content (AvgIpc) is 3.71. The van der Waals surface area contributed by atoms with E-state index in [1.54, 1.807) is 0 Å². The Balaban J connectivity index is 1.20. The minimum absolute atomic E-state index is 1.07. The second-order valence-corrected chi connectivity index (χ2v) is 16.4. The molecule has 0 atom stereocenters. The molecule has 0 aliphatic heterocycles. The molecule has 0 amide bonds. The molecule has 0 radical (unpaired) electrons. The number of rotatable bonds is 9. The standard InChI is InChI=1S/C58H40N2S/c1-5-16-41(17-6-1)44-28-33-49(34-29-44)59(48-24-11-4-12-25-48)56-40-57-54(53-37-32-46-22-13-14-27-52(46)58(53)61-57)39-55(56)60(50-35-30-45(31-36-50)42-18-7-2-8-19-42)51-26-15-23-47(38-51)43-20-9-3-10-21-43/h1-40H. The number of hydrogen-bond donors (Lipinski definition) is 0. The summed E-state index contributed by atoms with van der Waals surface area (Å²) in [7, 11) is 0. The van der Waals surface area contributed by atoms with Crippen molar-refractivity contribution in [2.75, 3.05) is 9.80 Å². The molecule has 11 aromatic rings. The van der Waals surface area contributed by atoms with Gasteiger partial charge in [-0.15, -0.1) is 11.3 Å². The third-order valence-corrected chi connectivity index (χ3v) is 12.8. The van der Waals surface area contributed by atoms with Crippen molar-refractivity contribution < 1.29 is 0 Å². The summed E-state index contributed by atoms with van der Waals surface area (Å²) >= 11 is 1.88. The van der Waals surface area contributed by atoms with Crippen LogP contribution in [0.1, 0.15) is 0 Å². The Morgan fingerprint density at radius 3 is 1.31 bits per heavy atom. The van der Waals surface area contributed by atoms with E-state index in [0.29, 0.717) is 0 Å². The normalized spacial score (nSPS) is 11.3. The van der Waals surface area contributed by atoms with Crippen molar-refractivity contribution in [3.8, 4) is 33.4 Å². The molecular weight excluding hydrogens is 757 g/mol. The topological polar surface area (TPSA) is 6.48 Å². The van der Waals surface area contributed by atoms with Crippen molar-refractivity contribution in [2.45, 2.75) is 0 Å². The van der Waals surface area contributed by atoms with E-state index in [0.717, 1.165) is 39.7 Å². The molecule has 1 aromatic heterocycles. The minimum atomic E-state index is 1.07. The van der Waals surface area contributed by atoms with Crippen LogP contribution in [-0.4, -0.2) is 0 Å². The molecule has 3 heteroatoms. The molecule has 1 heterocycles. The molecule has 0 aliphatic carbocycles. The zero-order valence-corrected chi connectivity index (χ0v) is 34.2. The van der Waals surface area contributed by atoms with Crippen LogP contribution in [0, 0.1) is 0 Å². The Kier molecular flexibility index (Phi) is 9.42. The van der Waals surface area contributed by atoms with Crippen molar-refractivity contribution in [3.63, 3.8) is 0 Å². The largest absolute Gasteiger partial charge is 0.308 e. The molecule has 11 rings (SSSR count). The number of para-hydroxylation sites is 1. The minimum Gasteiger partial charge on any atom is -0.308 e. The van der Waals surface area contributed by atoms with Crippen LogP contribution in [0.3, 0.4) is 0 Å². The lowest BCUT2D eigenvalue weighted by molar-refractivity contribution is 1.23. The smallest absolute Gasteiger partial charge is 0.0716 e. The van der Waals surface area contributed by atoms with Crippen molar-refractivity contribution >= 4 is 76.4 Å². The molecule has 2 nitrogen and oxygen atoms in total. The summed E-state index contributed by atoms with van der Waals surface area (Å²) in [4.78, 5) is 4.88. The predicted octanol–water partition coefficient (Wildman–Crippen LogP) is 17.1. The third kappa shape index (κ3) is 6.91. The summed E-state index contributed by atoms with van der Waals surface area (Å²) in [5, 5.41) is 5.04. The van der Waals surface area contributed by atoms with Crippen LogP contribution in [0.5, 0.6) is 0 Å². The van der Waals surface area contributed by atoms with Crippen LogP contribution < -0.4 is 9.80 Å². The van der Waals surface area contributed by atoms with Crippen LogP contribution in [0.2, 0.25) is 0 Å². The lowest BCUT2D eigenvalue weighted by Gasteiger charge is -2.33. The number of thiophene rings is 1. The highest BCUT2D eigenvalue weighted by molar-refractivity contribution is 7.26. The monoisotopic (exact) mass is 796 g/mol. The lowest BCUT2D eigenvalue weighted by atomic mass is 10.0. The molecule has 0 aliphatic rings. The van der Waals surface area contributed by atoms with E-state index in [2.05, 4.69) is 252 Å². The summed E-state index contributed by atoms with van der Waals surface area (Å²) in [6, 6.07) is 87.9. The predicted molar refractivity (Wildman–Crippen MR) is 263 cm³/mol. The van der Waals surface area contributed by atoms with E-state index >= 15 is 0 Å². The van der Waals surface area contributed by atoms with Crippen LogP contribution in [0.25, 0.3) is 64.3 Å². The highest BCUT2D eigenvalue weighted by atomic mass is 32.1. The molecule has 0 saturated carbocycles. The van der Waals surface area contributed by atoms with Crippen LogP contribution in [0.4, 0.5) is 34.1 Å². The van der Waals surface area contributed by atoms with Crippen molar-refractivity contribution in [2.24, 2.45) is 0 Å². The highest BCUT2D eigenvalue weighted by Crippen LogP contribution is 2.51. The summed E-state index contributed by atoms with van der Waals surface area (Å²) in [6.07, 6.45) is 0. The Morgan fingerprint density at radius 2 is 0.705 bits per heavy atom. The molecule has 288 valence electrons. The molecule has 0 fully saturated rings. The van der Waals surface area contributed by atoms with Gasteiger partial charge in [-0.1, -0.05) is 182 Å². The van der Waals surface area contributed by atoms with Gasteiger partial charge >= 0.3 is 0 Å². The van der Waals surface area contributed by atoms with E-state index in [1.165, 1.54) is 58.8 Å². The molecule has 0 spiro atoms. The first kappa shape index (κ1) is 36.4. The summed E-state index contributed by atoms with van der Waals surface area (Å²) in [5.41, 5.74) is 13.6. The Labute approximate surface area is 360 Å². The Morgan fingerprint density at radius 1 is 0.262 bits per heavy atom. The van der Waals surface area contributed by atoms with Gasteiger partial charge in [-0.3, -0.25) is 0 Å². The van der Waals surface area contributed by atoms with E-state index in [-0.39, 0.29) is 0 Å². The van der Waals surface area contributed by atoms with Crippen molar-refractivity contribution in [3.05, 3.63) is 243 Å². The first-order chi connectivity index (χ1) is 30.2. The number of nitrogens with zero attached hydrogens (tertiary/aromatic N) is 2. The van der Waals surface area contributed by atoms with Crippen molar-refractivity contribution in [1.82, 2.24) is 0 Å². The van der Waals surface area contributed by atoms with E-state index in [4.69, 9.17) is 0 Å². The van der Waals surface area contributed by atoms with Gasteiger partial charge < -0.3 is 9.80 Å². The van der Waals surface area contributed by atoms with Gasteiger partial charge in [0.1, 0.15) is 0 Å². The molecule has 0 saturated heterocycles. The maximum Gasteiger partial charge on any atom is 0.0716 e. The molecule has 0 unspecified atom stereocenters. The number of hydrogen-bond acceptors (Lipinski definition) is 3. The maximum atomic E-state index is 2.45. The fourth-order valence-electron chi connectivity index (χ4n) is 8.64. The number of anilines is 6. The molecule has 0 bridgehead atoms. The van der Waals surface area contributed by atoms with Gasteiger partial charge in [0.15, 0.2) is 0 Å². The third-order valence-electron chi connectivity index (χ3n) is 11.6. The van der Waals surface area contributed by atoms with Gasteiger partial charge in [-0.2, -0.15) is 0 Å². The first-order valence-electron chi connectivity index (χ1n) is 20.7. The molecule has 0 N–H and O–H groups in total. The van der Waals surface area contributed by atoms with Gasteiger partial charge in [0.25, 0.3) is 0 Å². The van der Waals surface area contributed by atoms with E-state index in [9.17, 15) is 0 Å². The average molecular weight is 797 g/mol. The fraction of sp³-hybridized carbons (Fsp3) is 0. The SMILES string of the molecule is c1ccc(-c2ccc(N(c3ccccc3)c3cc4sc5c6ccccc6ccc5c4cc3N(c3ccc(-c4ccccc4)cc3)c3cccc(-c4ccccc4)c3)cc2)cc1. The summed E-state index contributed by atoms with van der Waals surface area (Å²) < 4.78 is 2.55. The maximum absolute atomic E-state index is 2.45. The first-order valence-corrected chi connectivity index (χ1v) is 21.6. The summed E-state index contributed by atoms with van der Waals surface area (Å²) in [6.45, 7) is 0. The van der Waals surface area contributed by atoms with Gasteiger partial charge in [-0.05, 0) is 105 Å². The van der Waals surface area contributed by atoms with E-state index < -0.39 is 0 Å². The van der Waals surface area contributed by atoms with Gasteiger partial charge in [0, 0.05) is 42.9 Å². The van der Waals surface area contributed by atoms with Crippen molar-refractivity contribution in [1.29, 1.82) is 0 Å². The summed E-state index contributed by atoms with van der Waals surface area (Å²) in [5.74, 6) is 0. The molecule has 61 heavy (non-hydrogen) atoms. The van der Waals surface area contributed by atoms with E-state index in [1.807, 2.05) is 11.3 Å². The number of fused-ring (bicyclic) bond motifs is 5.